The van der Waals surface area contributed by atoms with E-state index >= 15 is 0 Å². The van der Waals surface area contributed by atoms with Gasteiger partial charge in [-0.05, 0) is 73.2 Å². The van der Waals surface area contributed by atoms with Crippen LogP contribution in [0.15, 0.2) is 71.8 Å². The van der Waals surface area contributed by atoms with Crippen LogP contribution < -0.4 is 15.8 Å². The van der Waals surface area contributed by atoms with E-state index < -0.39 is 15.7 Å². The monoisotopic (exact) mass is 493 g/mol. The Morgan fingerprint density at radius 2 is 1.66 bits per heavy atom. The van der Waals surface area contributed by atoms with Crippen LogP contribution in [0.25, 0.3) is 11.1 Å². The molecule has 0 unspecified atom stereocenters. The number of nitrogens with zero attached hydrogens (tertiary/aromatic N) is 1. The number of primary amides is 1. The maximum Gasteiger partial charge on any atom is 0.254 e. The zero-order valence-electron chi connectivity index (χ0n) is 19.3. The number of carbonyl (C=O) groups is 2. The minimum Gasteiger partial charge on any atom is -0.474 e. The molecule has 0 spiro atoms. The van der Waals surface area contributed by atoms with Crippen LogP contribution in [-0.4, -0.2) is 43.6 Å². The molecule has 2 amide bonds. The fourth-order valence-corrected chi connectivity index (χ4v) is 4.84. The number of aromatic nitrogens is 1. The first-order valence-electron chi connectivity index (χ1n) is 11.3. The molecule has 9 heteroatoms. The molecule has 1 aromatic heterocycles. The maximum absolute atomic E-state index is 12.9. The fourth-order valence-electron chi connectivity index (χ4n) is 4.17. The predicted molar refractivity (Wildman–Crippen MR) is 132 cm³/mol. The molecule has 1 aliphatic rings. The Morgan fingerprint density at radius 1 is 0.971 bits per heavy atom. The van der Waals surface area contributed by atoms with Crippen LogP contribution in [0.2, 0.25) is 0 Å². The van der Waals surface area contributed by atoms with Crippen molar-refractivity contribution in [3.63, 3.8) is 0 Å². The number of sulfone groups is 1. The van der Waals surface area contributed by atoms with E-state index in [-0.39, 0.29) is 34.4 Å². The molecule has 35 heavy (non-hydrogen) atoms. The van der Waals surface area contributed by atoms with Crippen molar-refractivity contribution in [3.05, 3.63) is 78.0 Å². The summed E-state index contributed by atoms with van der Waals surface area (Å²) in [6.07, 6.45) is 5.48. The molecule has 3 aromatic rings. The highest BCUT2D eigenvalue weighted by Gasteiger charge is 2.25. The highest BCUT2D eigenvalue weighted by molar-refractivity contribution is 7.90. The van der Waals surface area contributed by atoms with Crippen LogP contribution in [0.4, 0.5) is 0 Å². The van der Waals surface area contributed by atoms with Gasteiger partial charge in [-0.3, -0.25) is 9.59 Å². The molecule has 182 valence electrons. The van der Waals surface area contributed by atoms with Gasteiger partial charge in [-0.1, -0.05) is 24.3 Å². The topological polar surface area (TPSA) is 128 Å². The molecule has 1 fully saturated rings. The lowest BCUT2D eigenvalue weighted by Crippen LogP contribution is -2.39. The van der Waals surface area contributed by atoms with Gasteiger partial charge in [0.1, 0.15) is 11.7 Å². The normalized spacial score (nSPS) is 18.0. The third-order valence-electron chi connectivity index (χ3n) is 6.04. The van der Waals surface area contributed by atoms with Crippen LogP contribution in [-0.2, 0) is 9.84 Å². The average molecular weight is 494 g/mol. The molecule has 0 bridgehead atoms. The Hall–Kier alpha value is -3.72. The molecule has 0 aliphatic heterocycles. The van der Waals surface area contributed by atoms with E-state index in [9.17, 15) is 18.0 Å². The Bertz CT molecular complexity index is 1350. The van der Waals surface area contributed by atoms with Gasteiger partial charge < -0.3 is 15.8 Å². The number of nitrogens with one attached hydrogen (secondary N) is 1. The van der Waals surface area contributed by atoms with Crippen LogP contribution in [0.1, 0.15) is 46.4 Å². The number of ether oxygens (including phenoxy) is 1. The van der Waals surface area contributed by atoms with Crippen molar-refractivity contribution in [2.75, 3.05) is 6.26 Å². The molecular weight excluding hydrogens is 466 g/mol. The summed E-state index contributed by atoms with van der Waals surface area (Å²) in [5, 5.41) is 3.08. The maximum atomic E-state index is 12.9. The minimum atomic E-state index is -3.33. The number of nitrogens with two attached hydrogens (primary N) is 1. The first kappa shape index (κ1) is 24.4. The van der Waals surface area contributed by atoms with Gasteiger partial charge in [-0.25, -0.2) is 13.4 Å². The quantitative estimate of drug-likeness (QED) is 0.519. The molecular formula is C26H27N3O5S. The SMILES string of the molecule is CS(=O)(=O)c1cccc(-c2cccc(C(=O)NC3CCC(Oc4ncccc4C(N)=O)CC3)c2)c1. The molecule has 0 atom stereocenters. The summed E-state index contributed by atoms with van der Waals surface area (Å²) in [4.78, 5) is 28.9. The van der Waals surface area contributed by atoms with Crippen molar-refractivity contribution in [3.8, 4) is 17.0 Å². The van der Waals surface area contributed by atoms with E-state index in [0.29, 0.717) is 18.4 Å². The number of hydrogen-bond acceptors (Lipinski definition) is 6. The largest absolute Gasteiger partial charge is 0.474 e. The number of pyridine rings is 1. The zero-order chi connectivity index (χ0) is 25.0. The number of amides is 2. The summed E-state index contributed by atoms with van der Waals surface area (Å²) in [5.74, 6) is -0.528. The smallest absolute Gasteiger partial charge is 0.254 e. The van der Waals surface area contributed by atoms with Crippen LogP contribution in [0.5, 0.6) is 5.88 Å². The van der Waals surface area contributed by atoms with Crippen molar-refractivity contribution in [1.29, 1.82) is 0 Å². The molecule has 1 saturated carbocycles. The highest BCUT2D eigenvalue weighted by Crippen LogP contribution is 2.26. The lowest BCUT2D eigenvalue weighted by atomic mass is 9.92. The van der Waals surface area contributed by atoms with Gasteiger partial charge in [0.15, 0.2) is 9.84 Å². The van der Waals surface area contributed by atoms with Gasteiger partial charge in [0.25, 0.3) is 11.8 Å². The van der Waals surface area contributed by atoms with Crippen LogP contribution in [0, 0.1) is 0 Å². The third-order valence-corrected chi connectivity index (χ3v) is 7.15. The summed E-state index contributed by atoms with van der Waals surface area (Å²) in [5.41, 5.74) is 7.64. The lowest BCUT2D eigenvalue weighted by molar-refractivity contribution is 0.0881. The summed E-state index contributed by atoms with van der Waals surface area (Å²) in [6, 6.07) is 17.0. The van der Waals surface area contributed by atoms with Crippen LogP contribution >= 0.6 is 0 Å². The Labute approximate surface area is 204 Å². The molecule has 8 nitrogen and oxygen atoms in total. The van der Waals surface area contributed by atoms with Crippen molar-refractivity contribution in [1.82, 2.24) is 10.3 Å². The summed E-state index contributed by atoms with van der Waals surface area (Å²) in [7, 11) is -3.33. The molecule has 0 radical (unpaired) electrons. The Kier molecular flexibility index (Phi) is 7.16. The van der Waals surface area contributed by atoms with E-state index in [2.05, 4.69) is 10.3 Å². The minimum absolute atomic E-state index is 0.00101. The molecule has 0 saturated heterocycles. The predicted octanol–water partition coefficient (Wildman–Crippen LogP) is 3.37. The molecule has 2 aromatic carbocycles. The number of hydrogen-bond donors (Lipinski definition) is 2. The van der Waals surface area contributed by atoms with E-state index in [0.717, 1.165) is 24.0 Å². The third kappa shape index (κ3) is 6.05. The van der Waals surface area contributed by atoms with Crippen LogP contribution in [0.3, 0.4) is 0 Å². The van der Waals surface area contributed by atoms with E-state index in [1.807, 2.05) is 12.1 Å². The number of rotatable bonds is 7. The first-order valence-corrected chi connectivity index (χ1v) is 13.2. The van der Waals surface area contributed by atoms with Gasteiger partial charge in [0.05, 0.1) is 4.90 Å². The fraction of sp³-hybridized carbons (Fsp3) is 0.269. The first-order chi connectivity index (χ1) is 16.7. The summed E-state index contributed by atoms with van der Waals surface area (Å²) in [6.45, 7) is 0. The zero-order valence-corrected chi connectivity index (χ0v) is 20.1. The van der Waals surface area contributed by atoms with Gasteiger partial charge >= 0.3 is 0 Å². The second kappa shape index (κ2) is 10.3. The number of carbonyl (C=O) groups excluding carboxylic acids is 2. The number of benzene rings is 2. The van der Waals surface area contributed by atoms with E-state index in [4.69, 9.17) is 10.5 Å². The highest BCUT2D eigenvalue weighted by atomic mass is 32.2. The second-order valence-electron chi connectivity index (χ2n) is 8.67. The van der Waals surface area contributed by atoms with Gasteiger partial charge in [-0.15, -0.1) is 0 Å². The Morgan fingerprint density at radius 3 is 2.34 bits per heavy atom. The van der Waals surface area contributed by atoms with Gasteiger partial charge in [-0.2, -0.15) is 0 Å². The second-order valence-corrected chi connectivity index (χ2v) is 10.7. The van der Waals surface area contributed by atoms with Crippen molar-refractivity contribution >= 4 is 21.7 Å². The van der Waals surface area contributed by atoms with Crippen molar-refractivity contribution in [2.24, 2.45) is 5.73 Å². The summed E-state index contributed by atoms with van der Waals surface area (Å²) >= 11 is 0. The van der Waals surface area contributed by atoms with Crippen molar-refractivity contribution in [2.45, 2.75) is 42.7 Å². The molecule has 4 rings (SSSR count). The lowest BCUT2D eigenvalue weighted by Gasteiger charge is -2.29. The van der Waals surface area contributed by atoms with E-state index in [1.54, 1.807) is 54.7 Å². The van der Waals surface area contributed by atoms with E-state index in [1.165, 1.54) is 6.26 Å². The standard InChI is InChI=1S/C26H27N3O5S/c1-35(32,33)22-8-3-6-18(16-22)17-5-2-7-19(15-17)25(31)29-20-10-12-21(13-11-20)34-26-23(24(27)30)9-4-14-28-26/h2-9,14-16,20-21H,10-13H2,1H3,(H2,27,30)(H,29,31). The average Bonchev–Trinajstić information content (AvgIpc) is 2.85. The molecule has 3 N–H and O–H groups in total. The molecule has 1 heterocycles. The van der Waals surface area contributed by atoms with Gasteiger partial charge in [0.2, 0.25) is 5.88 Å². The summed E-state index contributed by atoms with van der Waals surface area (Å²) < 4.78 is 29.7. The molecule has 1 aliphatic carbocycles. The Balaban J connectivity index is 1.37. The van der Waals surface area contributed by atoms with Crippen molar-refractivity contribution < 1.29 is 22.7 Å². The van der Waals surface area contributed by atoms with Gasteiger partial charge in [0, 0.05) is 24.1 Å².